The first kappa shape index (κ1) is 22.6. The fourth-order valence-corrected chi connectivity index (χ4v) is 0. The molecule has 0 bridgehead atoms. The van der Waals surface area contributed by atoms with E-state index >= 15 is 0 Å². The van der Waals surface area contributed by atoms with Gasteiger partial charge in [0, 0.05) is 0 Å². The van der Waals surface area contributed by atoms with Crippen LogP contribution in [0.4, 0.5) is 0 Å². The van der Waals surface area contributed by atoms with Gasteiger partial charge in [-0.15, -0.1) is 0 Å². The Morgan fingerprint density at radius 2 is 1.25 bits per heavy atom. The molecule has 0 aliphatic rings. The molecule has 0 rings (SSSR count). The van der Waals surface area contributed by atoms with E-state index in [1.807, 2.05) is 0 Å². The molecule has 0 amide bonds. The summed E-state index contributed by atoms with van der Waals surface area (Å²) < 4.78 is 32.8. The van der Waals surface area contributed by atoms with Crippen LogP contribution in [0.25, 0.3) is 0 Å². The van der Waals surface area contributed by atoms with Crippen molar-refractivity contribution in [1.29, 1.82) is 0 Å². The molecule has 0 fully saturated rings. The summed E-state index contributed by atoms with van der Waals surface area (Å²) in [6.07, 6.45) is 0. The second kappa shape index (κ2) is 8.64. The molecule has 0 saturated heterocycles. The summed E-state index contributed by atoms with van der Waals surface area (Å²) in [5, 5.41) is 0. The second-order valence-electron chi connectivity index (χ2n) is 0.428. The Balaban J connectivity index is -0.0000000267. The molecule has 0 unspecified atom stereocenters. The van der Waals surface area contributed by atoms with E-state index in [1.54, 1.807) is 0 Å². The first-order valence-corrected chi connectivity index (χ1v) is 2.05. The van der Waals surface area contributed by atoms with Gasteiger partial charge in [0.25, 0.3) is 0 Å². The van der Waals surface area contributed by atoms with E-state index in [4.69, 9.17) is 17.5 Å². The molecule has 8 heteroatoms. The molecule has 44 valence electrons. The first-order valence-electron chi connectivity index (χ1n) is 0.683. The molecule has 0 heterocycles. The van der Waals surface area contributed by atoms with E-state index in [9.17, 15) is 0 Å². The average molecular weight is 525 g/mol. The molecule has 4 nitrogen and oxygen atoms in total. The van der Waals surface area contributed by atoms with Crippen LogP contribution < -0.4 is 4.70 Å². The summed E-state index contributed by atoms with van der Waals surface area (Å²) >= 11 is 0. The van der Waals surface area contributed by atoms with E-state index < -0.39 is 10.4 Å². The van der Waals surface area contributed by atoms with Crippen LogP contribution in [0.1, 0.15) is 0 Å². The molecule has 0 atom stereocenters. The van der Waals surface area contributed by atoms with Gasteiger partial charge in [-0.05, 0) is 0 Å². The van der Waals surface area contributed by atoms with E-state index in [0.29, 0.717) is 0 Å². The van der Waals surface area contributed by atoms with Gasteiger partial charge in [0.1, 0.15) is 0 Å². The van der Waals surface area contributed by atoms with Gasteiger partial charge in [0.2, 0.25) is 10.4 Å². The smallest absolute Gasteiger partial charge is 1.00 e. The predicted molar refractivity (Wildman–Crippen MR) is 23.8 cm³/mol. The molecule has 0 aromatic heterocycles. The molecule has 0 radical (unpaired) electrons. The number of rotatable bonds is 0. The summed E-state index contributed by atoms with van der Waals surface area (Å²) in [4.78, 5) is 0. The van der Waals surface area contributed by atoms with Crippen LogP contribution >= 0.6 is 0 Å². The molecular formula is HFO4STl2. The Morgan fingerprint density at radius 1 is 1.25 bits per heavy atom. The van der Waals surface area contributed by atoms with Crippen molar-refractivity contribution in [3.8, 4) is 0 Å². The third-order valence-corrected chi connectivity index (χ3v) is 0. The maximum absolute atomic E-state index is 8.63. The quantitative estimate of drug-likeness (QED) is 0.196. The maximum Gasteiger partial charge on any atom is 1.00 e. The Morgan fingerprint density at radius 3 is 1.25 bits per heavy atom. The van der Waals surface area contributed by atoms with Gasteiger partial charge in [-0.2, -0.15) is 0 Å². The van der Waals surface area contributed by atoms with E-state index in [2.05, 4.69) is 0 Å². The van der Waals surface area contributed by atoms with Crippen LogP contribution in [-0.2, 0) is 10.4 Å². The molecule has 0 aromatic carbocycles. The van der Waals surface area contributed by atoms with Crippen molar-refractivity contribution in [2.45, 2.75) is 0 Å². The van der Waals surface area contributed by atoms with Gasteiger partial charge in [-0.3, -0.25) is 4.55 Å². The summed E-state index contributed by atoms with van der Waals surface area (Å²) in [7, 11) is -4.92. The van der Waals surface area contributed by atoms with Gasteiger partial charge >= 0.3 is 54.6 Å². The van der Waals surface area contributed by atoms with E-state index in [-0.39, 0.29) is 59.3 Å². The van der Waals surface area contributed by atoms with Crippen LogP contribution in [-0.4, -0.2) is 72.1 Å². The minimum Gasteiger partial charge on any atom is -1.00 e. The van der Waals surface area contributed by atoms with E-state index in [1.165, 1.54) is 0 Å². The number of halogens is 1. The molecule has 0 aliphatic heterocycles. The molecule has 0 aromatic rings. The molecule has 0 aliphatic carbocycles. The minimum absolute atomic E-state index is 0. The van der Waals surface area contributed by atoms with Crippen molar-refractivity contribution in [3.63, 3.8) is 0 Å². The summed E-state index contributed by atoms with van der Waals surface area (Å²) in [5.41, 5.74) is 0. The number of hydrogen-bond acceptors (Lipinski definition) is 3. The molecule has 1 N–H and O–H groups in total. The standard InChI is InChI=1S/FH.H2O4S.2Tl/c;1-5(2,3)4;;/h1H;(H2,1,2,3,4);;/q;;2*+1/p-2. The normalized spacial score (nSPS) is 7.25. The zero-order valence-corrected chi connectivity index (χ0v) is 13.4. The second-order valence-corrected chi connectivity index (χ2v) is 1.28. The van der Waals surface area contributed by atoms with Crippen molar-refractivity contribution in [1.82, 2.24) is 0 Å². The average Bonchev–Trinajstić information content (AvgIpc) is 0.722. The molecule has 8 heavy (non-hydrogen) atoms. The monoisotopic (exact) mass is 526 g/mol. The fraction of sp³-hybridized carbons (Fsp3) is 0. The van der Waals surface area contributed by atoms with Crippen LogP contribution in [0.5, 0.6) is 0 Å². The van der Waals surface area contributed by atoms with Crippen molar-refractivity contribution in [3.05, 3.63) is 0 Å². The van der Waals surface area contributed by atoms with Crippen molar-refractivity contribution >= 4 is 65.0 Å². The Labute approximate surface area is 86.3 Å². The topological polar surface area (TPSA) is 77.4 Å². The van der Waals surface area contributed by atoms with E-state index in [0.717, 1.165) is 0 Å². The summed E-state index contributed by atoms with van der Waals surface area (Å²) in [5.74, 6) is 0. The minimum atomic E-state index is -4.92. The largest absolute Gasteiger partial charge is 1.00 e. The van der Waals surface area contributed by atoms with Crippen LogP contribution in [0.3, 0.4) is 0 Å². The maximum atomic E-state index is 8.63. The van der Waals surface area contributed by atoms with Crippen molar-refractivity contribution in [2.24, 2.45) is 0 Å². The third-order valence-electron chi connectivity index (χ3n) is 0. The van der Waals surface area contributed by atoms with Crippen molar-refractivity contribution < 1.29 is 22.2 Å². The van der Waals surface area contributed by atoms with Gasteiger partial charge < -0.3 is 9.26 Å². The number of hydrogen-bond donors (Lipinski definition) is 1. The van der Waals surface area contributed by atoms with Gasteiger partial charge in [0.05, 0.1) is 0 Å². The van der Waals surface area contributed by atoms with Crippen LogP contribution in [0.15, 0.2) is 0 Å². The third kappa shape index (κ3) is 125. The zero-order valence-electron chi connectivity index (χ0n) is 3.61. The predicted octanol–water partition coefficient (Wildman–Crippen LogP) is -4.75. The SMILES string of the molecule is O=S(=O)([O-])O.[F-].[Tl+].[Tl+]. The first-order chi connectivity index (χ1) is 2.00. The Bertz CT molecular complexity index is 97.2. The fourth-order valence-electron chi connectivity index (χ4n) is 0. The summed E-state index contributed by atoms with van der Waals surface area (Å²) in [6, 6.07) is 0. The van der Waals surface area contributed by atoms with Crippen LogP contribution in [0.2, 0.25) is 0 Å². The zero-order chi connectivity index (χ0) is 4.50. The molecular weight excluding hydrogens is 524 g/mol. The Hall–Kier alpha value is 1.64. The van der Waals surface area contributed by atoms with Gasteiger partial charge in [0.15, 0.2) is 0 Å². The molecule has 0 saturated carbocycles. The van der Waals surface area contributed by atoms with Gasteiger partial charge in [-0.1, -0.05) is 0 Å². The van der Waals surface area contributed by atoms with Crippen LogP contribution in [0, 0.1) is 0 Å². The summed E-state index contributed by atoms with van der Waals surface area (Å²) in [6.45, 7) is 0. The van der Waals surface area contributed by atoms with Crippen molar-refractivity contribution in [2.75, 3.05) is 0 Å². The molecule has 0 spiro atoms. The van der Waals surface area contributed by atoms with Gasteiger partial charge in [-0.25, -0.2) is 8.42 Å². The Kier molecular flexibility index (Phi) is 24.4.